The summed E-state index contributed by atoms with van der Waals surface area (Å²) in [6, 6.07) is 15.4. The van der Waals surface area contributed by atoms with Crippen molar-refractivity contribution in [2.45, 2.75) is 12.8 Å². The fourth-order valence-electron chi connectivity index (χ4n) is 1.71. The summed E-state index contributed by atoms with van der Waals surface area (Å²) >= 11 is 5.83. The molecule has 0 bridgehead atoms. The van der Waals surface area contributed by atoms with E-state index in [1.54, 1.807) is 0 Å². The quantitative estimate of drug-likeness (QED) is 0.882. The second-order valence-electron chi connectivity index (χ2n) is 4.10. The smallest absolute Gasteiger partial charge is 0.127 e. The molecule has 2 rings (SSSR count). The van der Waals surface area contributed by atoms with Gasteiger partial charge < -0.3 is 10.5 Å². The summed E-state index contributed by atoms with van der Waals surface area (Å²) in [7, 11) is 0. The Kier molecular flexibility index (Phi) is 4.62. The highest BCUT2D eigenvalue weighted by molar-refractivity contribution is 6.30. The summed E-state index contributed by atoms with van der Waals surface area (Å²) in [4.78, 5) is 0. The highest BCUT2D eigenvalue weighted by atomic mass is 35.5. The Bertz CT molecular complexity index is 496. The van der Waals surface area contributed by atoms with Gasteiger partial charge in [0, 0.05) is 5.02 Å². The first kappa shape index (κ1) is 12.9. The number of benzene rings is 2. The van der Waals surface area contributed by atoms with Gasteiger partial charge in [-0.05, 0) is 61.3 Å². The van der Waals surface area contributed by atoms with Crippen molar-refractivity contribution in [3.63, 3.8) is 0 Å². The van der Waals surface area contributed by atoms with Crippen LogP contribution < -0.4 is 10.5 Å². The zero-order valence-corrected chi connectivity index (χ0v) is 10.9. The van der Waals surface area contributed by atoms with Gasteiger partial charge in [-0.3, -0.25) is 0 Å². The minimum atomic E-state index is 0.707. The third-order valence-corrected chi connectivity index (χ3v) is 2.87. The van der Waals surface area contributed by atoms with Crippen LogP contribution in [0.2, 0.25) is 5.02 Å². The Balaban J connectivity index is 2.06. The molecule has 0 aliphatic carbocycles. The van der Waals surface area contributed by atoms with Crippen LogP contribution in [0.1, 0.15) is 12.0 Å². The summed E-state index contributed by atoms with van der Waals surface area (Å²) < 4.78 is 5.76. The molecule has 0 amide bonds. The lowest BCUT2D eigenvalue weighted by molar-refractivity contribution is 0.482. The average Bonchev–Trinajstić information content (AvgIpc) is 2.40. The summed E-state index contributed by atoms with van der Waals surface area (Å²) in [5, 5.41) is 0.707. The van der Waals surface area contributed by atoms with E-state index in [0.29, 0.717) is 11.6 Å². The minimum absolute atomic E-state index is 0.707. The van der Waals surface area contributed by atoms with Gasteiger partial charge in [-0.1, -0.05) is 23.7 Å². The van der Waals surface area contributed by atoms with Crippen LogP contribution in [-0.4, -0.2) is 6.54 Å². The summed E-state index contributed by atoms with van der Waals surface area (Å²) in [6.07, 6.45) is 1.97. The van der Waals surface area contributed by atoms with E-state index in [9.17, 15) is 0 Å². The fourth-order valence-corrected chi connectivity index (χ4v) is 1.84. The molecule has 0 aliphatic rings. The predicted molar refractivity (Wildman–Crippen MR) is 75.3 cm³/mol. The van der Waals surface area contributed by atoms with Crippen LogP contribution in [0.4, 0.5) is 0 Å². The van der Waals surface area contributed by atoms with Crippen molar-refractivity contribution in [3.8, 4) is 11.5 Å². The van der Waals surface area contributed by atoms with Crippen LogP contribution in [0.3, 0.4) is 0 Å². The van der Waals surface area contributed by atoms with Crippen molar-refractivity contribution in [1.82, 2.24) is 0 Å². The monoisotopic (exact) mass is 261 g/mol. The van der Waals surface area contributed by atoms with Crippen LogP contribution in [-0.2, 0) is 6.42 Å². The standard InChI is InChI=1S/C15H16ClNO/c16-13-6-8-14(9-7-13)18-15-5-1-3-12(11-15)4-2-10-17/h1,3,5-9,11H,2,4,10,17H2. The van der Waals surface area contributed by atoms with Gasteiger partial charge in [0.05, 0.1) is 0 Å². The number of hydrogen-bond acceptors (Lipinski definition) is 2. The molecule has 0 heterocycles. The number of ether oxygens (including phenoxy) is 1. The largest absolute Gasteiger partial charge is 0.457 e. The third-order valence-electron chi connectivity index (χ3n) is 2.62. The Hall–Kier alpha value is -1.51. The highest BCUT2D eigenvalue weighted by Gasteiger charge is 1.99. The molecule has 0 unspecified atom stereocenters. The van der Waals surface area contributed by atoms with Crippen molar-refractivity contribution >= 4 is 11.6 Å². The molecule has 0 radical (unpaired) electrons. The zero-order valence-electron chi connectivity index (χ0n) is 10.1. The maximum absolute atomic E-state index is 5.83. The highest BCUT2D eigenvalue weighted by Crippen LogP contribution is 2.24. The van der Waals surface area contributed by atoms with E-state index in [4.69, 9.17) is 22.1 Å². The van der Waals surface area contributed by atoms with Gasteiger partial charge in [-0.2, -0.15) is 0 Å². The minimum Gasteiger partial charge on any atom is -0.457 e. The molecule has 2 nitrogen and oxygen atoms in total. The third kappa shape index (κ3) is 3.76. The van der Waals surface area contributed by atoms with Gasteiger partial charge in [-0.25, -0.2) is 0 Å². The van der Waals surface area contributed by atoms with Gasteiger partial charge in [0.1, 0.15) is 11.5 Å². The van der Waals surface area contributed by atoms with Gasteiger partial charge >= 0.3 is 0 Å². The molecule has 0 aromatic heterocycles. The molecule has 2 aromatic carbocycles. The van der Waals surface area contributed by atoms with Gasteiger partial charge in [0.15, 0.2) is 0 Å². The van der Waals surface area contributed by atoms with Crippen LogP contribution in [0.25, 0.3) is 0 Å². The Morgan fingerprint density at radius 3 is 2.50 bits per heavy atom. The second-order valence-corrected chi connectivity index (χ2v) is 4.53. The lowest BCUT2D eigenvalue weighted by atomic mass is 10.1. The molecule has 0 saturated carbocycles. The molecule has 94 valence electrons. The maximum atomic E-state index is 5.83. The second kappa shape index (κ2) is 6.43. The number of hydrogen-bond donors (Lipinski definition) is 1. The number of nitrogens with two attached hydrogens (primary N) is 1. The van der Waals surface area contributed by atoms with Crippen molar-refractivity contribution in [2.24, 2.45) is 5.73 Å². The molecule has 2 aromatic rings. The topological polar surface area (TPSA) is 35.2 Å². The number of rotatable bonds is 5. The lowest BCUT2D eigenvalue weighted by Gasteiger charge is -2.07. The van der Waals surface area contributed by atoms with Gasteiger partial charge in [-0.15, -0.1) is 0 Å². The SMILES string of the molecule is NCCCc1cccc(Oc2ccc(Cl)cc2)c1. The predicted octanol–water partition coefficient (Wildman–Crippen LogP) is 4.02. The van der Waals surface area contributed by atoms with E-state index in [2.05, 4.69) is 6.07 Å². The Morgan fingerprint density at radius 1 is 1.00 bits per heavy atom. The first-order valence-corrected chi connectivity index (χ1v) is 6.38. The molecule has 0 aliphatic heterocycles. The molecule has 2 N–H and O–H groups in total. The van der Waals surface area contributed by atoms with Crippen molar-refractivity contribution < 1.29 is 4.74 Å². The van der Waals surface area contributed by atoms with Gasteiger partial charge in [0.25, 0.3) is 0 Å². The molecule has 0 spiro atoms. The Morgan fingerprint density at radius 2 is 1.78 bits per heavy atom. The number of halogens is 1. The van der Waals surface area contributed by atoms with E-state index in [1.807, 2.05) is 42.5 Å². The van der Waals surface area contributed by atoms with Crippen molar-refractivity contribution in [1.29, 1.82) is 0 Å². The normalized spacial score (nSPS) is 10.3. The maximum Gasteiger partial charge on any atom is 0.127 e. The fraction of sp³-hybridized carbons (Fsp3) is 0.200. The van der Waals surface area contributed by atoms with E-state index in [1.165, 1.54) is 5.56 Å². The molecule has 0 saturated heterocycles. The van der Waals surface area contributed by atoms with E-state index in [-0.39, 0.29) is 0 Å². The average molecular weight is 262 g/mol. The molecule has 0 atom stereocenters. The number of aryl methyl sites for hydroxylation is 1. The van der Waals surface area contributed by atoms with Crippen LogP contribution >= 0.6 is 11.6 Å². The first-order valence-electron chi connectivity index (χ1n) is 6.00. The molecular weight excluding hydrogens is 246 g/mol. The van der Waals surface area contributed by atoms with Crippen LogP contribution in [0.15, 0.2) is 48.5 Å². The summed E-state index contributed by atoms with van der Waals surface area (Å²) in [6.45, 7) is 0.711. The van der Waals surface area contributed by atoms with E-state index < -0.39 is 0 Å². The van der Waals surface area contributed by atoms with Crippen LogP contribution in [0.5, 0.6) is 11.5 Å². The van der Waals surface area contributed by atoms with Crippen molar-refractivity contribution in [3.05, 3.63) is 59.1 Å². The summed E-state index contributed by atoms with van der Waals surface area (Å²) in [5.74, 6) is 1.63. The molecule has 3 heteroatoms. The lowest BCUT2D eigenvalue weighted by Crippen LogP contribution is -2.00. The Labute approximate surface area is 112 Å². The van der Waals surface area contributed by atoms with E-state index >= 15 is 0 Å². The zero-order chi connectivity index (χ0) is 12.8. The van der Waals surface area contributed by atoms with Gasteiger partial charge in [0.2, 0.25) is 0 Å². The summed E-state index contributed by atoms with van der Waals surface area (Å²) in [5.41, 5.74) is 6.75. The van der Waals surface area contributed by atoms with Crippen LogP contribution in [0, 0.1) is 0 Å². The van der Waals surface area contributed by atoms with E-state index in [0.717, 1.165) is 24.3 Å². The molecule has 0 fully saturated rings. The molecule has 18 heavy (non-hydrogen) atoms. The van der Waals surface area contributed by atoms with Crippen molar-refractivity contribution in [2.75, 3.05) is 6.54 Å². The first-order chi connectivity index (χ1) is 8.78. The molecular formula is C15H16ClNO.